The fraction of sp³-hybridized carbons (Fsp3) is 0.136. The number of rotatable bonds is 3. The zero-order valence-electron chi connectivity index (χ0n) is 14.9. The third-order valence-corrected chi connectivity index (χ3v) is 7.03. The van der Waals surface area contributed by atoms with E-state index in [-0.39, 0.29) is 3.89 Å². The van der Waals surface area contributed by atoms with E-state index >= 15 is 0 Å². The SMILES string of the molecule is C[N+]1(C)C(=Nc2ccccc2)C(c2ccccc2)(c2ccccc2)S1=O. The average molecular weight is 361 g/mol. The molecule has 1 fully saturated rings. The van der Waals surface area contributed by atoms with Crippen LogP contribution in [0.3, 0.4) is 0 Å². The number of amidine groups is 1. The molecule has 0 radical (unpaired) electrons. The van der Waals surface area contributed by atoms with Gasteiger partial charge in [0, 0.05) is 0 Å². The Bertz CT molecular complexity index is 927. The topological polar surface area (TPSA) is 29.4 Å². The van der Waals surface area contributed by atoms with Crippen LogP contribution in [0.1, 0.15) is 11.1 Å². The van der Waals surface area contributed by atoms with Crippen LogP contribution in [0, 0.1) is 0 Å². The summed E-state index contributed by atoms with van der Waals surface area (Å²) in [7, 11) is 2.72. The third-order valence-electron chi connectivity index (χ3n) is 4.85. The lowest BCUT2D eigenvalue weighted by molar-refractivity contribution is -0.674. The van der Waals surface area contributed by atoms with Gasteiger partial charge in [-0.05, 0) is 23.3 Å². The summed E-state index contributed by atoms with van der Waals surface area (Å²) in [6.45, 7) is 0. The molecule has 0 amide bonds. The average Bonchev–Trinajstić information content (AvgIpc) is 2.70. The minimum absolute atomic E-state index is 0.263. The van der Waals surface area contributed by atoms with E-state index in [1.165, 1.54) is 0 Å². The monoisotopic (exact) mass is 361 g/mol. The van der Waals surface area contributed by atoms with Gasteiger partial charge in [0.1, 0.15) is 0 Å². The molecule has 1 heterocycles. The Balaban J connectivity index is 2.01. The van der Waals surface area contributed by atoms with Gasteiger partial charge in [0.2, 0.25) is 15.7 Å². The van der Waals surface area contributed by atoms with E-state index in [0.29, 0.717) is 0 Å². The maximum Gasteiger partial charge on any atom is 0.250 e. The number of aliphatic imine (C=N–C) groups is 1. The molecule has 0 spiro atoms. The Morgan fingerprint density at radius 2 is 1.15 bits per heavy atom. The maximum atomic E-state index is 13.6. The first kappa shape index (κ1) is 16.9. The molecule has 1 unspecified atom stereocenters. The molecule has 3 aromatic carbocycles. The zero-order chi connectivity index (χ0) is 18.2. The van der Waals surface area contributed by atoms with E-state index < -0.39 is 15.7 Å². The van der Waals surface area contributed by atoms with Crippen molar-refractivity contribution in [2.24, 2.45) is 4.99 Å². The molecule has 1 saturated heterocycles. The van der Waals surface area contributed by atoms with Crippen LogP contribution >= 0.6 is 0 Å². The van der Waals surface area contributed by atoms with Gasteiger partial charge in [-0.2, -0.15) is 13.1 Å². The molecule has 1 aliphatic rings. The van der Waals surface area contributed by atoms with Gasteiger partial charge in [-0.15, -0.1) is 0 Å². The second-order valence-corrected chi connectivity index (χ2v) is 8.81. The molecule has 26 heavy (non-hydrogen) atoms. The van der Waals surface area contributed by atoms with E-state index in [9.17, 15) is 4.21 Å². The van der Waals surface area contributed by atoms with Crippen LogP contribution in [0.5, 0.6) is 0 Å². The standard InChI is InChI=1S/C22H21N2OS/c1-24(2)21(23-20-16-10-5-11-17-20)22(26(24)25,18-12-6-3-7-13-18)19-14-8-4-9-15-19/h3-17H,1-2H3/q+1. The summed E-state index contributed by atoms with van der Waals surface area (Å²) >= 11 is 0. The first-order valence-corrected chi connectivity index (χ1v) is 9.71. The van der Waals surface area contributed by atoms with Crippen LogP contribution in [-0.2, 0) is 15.7 Å². The highest BCUT2D eigenvalue weighted by molar-refractivity contribution is 7.84. The molecule has 0 aliphatic carbocycles. The number of likely N-dealkylation sites (N-methyl/N-ethyl adjacent to an activating group) is 1. The quantitative estimate of drug-likeness (QED) is 0.635. The molecule has 3 aromatic rings. The summed E-state index contributed by atoms with van der Waals surface area (Å²) in [5.41, 5.74) is 2.90. The minimum Gasteiger partial charge on any atom is -0.198 e. The van der Waals surface area contributed by atoms with E-state index in [0.717, 1.165) is 22.6 Å². The van der Waals surface area contributed by atoms with Crippen LogP contribution in [0.25, 0.3) is 0 Å². The highest BCUT2D eigenvalue weighted by Gasteiger charge is 2.70. The second kappa shape index (κ2) is 6.31. The largest absolute Gasteiger partial charge is 0.250 e. The number of nitrogens with zero attached hydrogens (tertiary/aromatic N) is 2. The van der Waals surface area contributed by atoms with Crippen LogP contribution < -0.4 is 0 Å². The molecule has 3 nitrogen and oxygen atoms in total. The van der Waals surface area contributed by atoms with Crippen molar-refractivity contribution in [3.8, 4) is 0 Å². The van der Waals surface area contributed by atoms with Crippen molar-refractivity contribution in [3.63, 3.8) is 0 Å². The van der Waals surface area contributed by atoms with E-state index in [2.05, 4.69) is 0 Å². The molecule has 130 valence electrons. The van der Waals surface area contributed by atoms with Crippen molar-refractivity contribution in [2.75, 3.05) is 14.1 Å². The minimum atomic E-state index is -1.20. The van der Waals surface area contributed by atoms with Gasteiger partial charge in [-0.3, -0.25) is 0 Å². The number of hydrogen-bond acceptors (Lipinski definition) is 2. The molecular formula is C22H21N2OS+. The summed E-state index contributed by atoms with van der Waals surface area (Å²) < 4.78 is 13.1. The first-order valence-electron chi connectivity index (χ1n) is 8.60. The Labute approximate surface area is 156 Å². The highest BCUT2D eigenvalue weighted by Crippen LogP contribution is 2.51. The van der Waals surface area contributed by atoms with Crippen molar-refractivity contribution in [2.45, 2.75) is 4.75 Å². The van der Waals surface area contributed by atoms with Gasteiger partial charge in [0.25, 0.3) is 5.84 Å². The molecule has 0 saturated carbocycles. The molecule has 1 atom stereocenters. The fourth-order valence-electron chi connectivity index (χ4n) is 3.64. The Kier molecular flexibility index (Phi) is 4.10. The maximum absolute atomic E-state index is 13.6. The van der Waals surface area contributed by atoms with Crippen LogP contribution in [0.2, 0.25) is 0 Å². The Hall–Kier alpha value is -2.56. The first-order chi connectivity index (χ1) is 12.6. The summed E-state index contributed by atoms with van der Waals surface area (Å²) in [6.07, 6.45) is 0. The van der Waals surface area contributed by atoms with E-state index in [4.69, 9.17) is 4.99 Å². The number of quaternary nitrogens is 1. The van der Waals surface area contributed by atoms with Gasteiger partial charge in [0.15, 0.2) is 0 Å². The summed E-state index contributed by atoms with van der Waals surface area (Å²) in [5.74, 6) is 0.888. The molecule has 0 N–H and O–H groups in total. The lowest BCUT2D eigenvalue weighted by atomic mass is 9.87. The molecule has 0 bridgehead atoms. The van der Waals surface area contributed by atoms with Gasteiger partial charge in [0.05, 0.1) is 19.8 Å². The highest BCUT2D eigenvalue weighted by atomic mass is 32.2. The van der Waals surface area contributed by atoms with Crippen LogP contribution in [0.4, 0.5) is 5.69 Å². The third kappa shape index (κ3) is 2.37. The summed E-state index contributed by atoms with van der Waals surface area (Å²) in [5, 5.41) is 0. The van der Waals surface area contributed by atoms with Crippen molar-refractivity contribution in [3.05, 3.63) is 102 Å². The van der Waals surface area contributed by atoms with Gasteiger partial charge >= 0.3 is 0 Å². The molecule has 4 heteroatoms. The van der Waals surface area contributed by atoms with E-state index in [1.807, 2.05) is 105 Å². The smallest absolute Gasteiger partial charge is 0.198 e. The number of para-hydroxylation sites is 1. The Morgan fingerprint density at radius 1 is 0.731 bits per heavy atom. The molecule has 4 rings (SSSR count). The fourth-order valence-corrected chi connectivity index (χ4v) is 5.63. The molecule has 1 aliphatic heterocycles. The Morgan fingerprint density at radius 3 is 1.62 bits per heavy atom. The normalized spacial score (nSPS) is 21.9. The van der Waals surface area contributed by atoms with Gasteiger partial charge < -0.3 is 0 Å². The summed E-state index contributed by atoms with van der Waals surface area (Å²) in [4.78, 5) is 4.97. The lowest BCUT2D eigenvalue weighted by Crippen LogP contribution is -2.73. The van der Waals surface area contributed by atoms with Crippen LogP contribution in [-0.4, -0.2) is 28.0 Å². The lowest BCUT2D eigenvalue weighted by Gasteiger charge is -2.50. The summed E-state index contributed by atoms with van der Waals surface area (Å²) in [6, 6.07) is 30.0. The van der Waals surface area contributed by atoms with Crippen molar-refractivity contribution < 1.29 is 8.10 Å². The van der Waals surface area contributed by atoms with Gasteiger partial charge in [-0.25, -0.2) is 0 Å². The molecule has 0 aromatic heterocycles. The van der Waals surface area contributed by atoms with Crippen molar-refractivity contribution in [1.82, 2.24) is 0 Å². The van der Waals surface area contributed by atoms with Gasteiger partial charge in [-0.1, -0.05) is 78.9 Å². The number of hydrogen-bond donors (Lipinski definition) is 0. The van der Waals surface area contributed by atoms with Crippen molar-refractivity contribution in [1.29, 1.82) is 0 Å². The van der Waals surface area contributed by atoms with Crippen LogP contribution in [0.15, 0.2) is 96.0 Å². The molecular weight excluding hydrogens is 340 g/mol. The predicted molar refractivity (Wildman–Crippen MR) is 107 cm³/mol. The predicted octanol–water partition coefficient (Wildman–Crippen LogP) is 4.41. The van der Waals surface area contributed by atoms with Crippen molar-refractivity contribution >= 4 is 22.5 Å². The van der Waals surface area contributed by atoms with E-state index in [1.54, 1.807) is 0 Å². The second-order valence-electron chi connectivity index (χ2n) is 6.78. The zero-order valence-corrected chi connectivity index (χ0v) is 15.7. The number of benzene rings is 3.